The molecule has 20 heteroatoms. The zero-order valence-corrected chi connectivity index (χ0v) is 70.1. The normalized spacial score (nSPS) is 13.5. The third kappa shape index (κ3) is 66.4. The van der Waals surface area contributed by atoms with Crippen molar-refractivity contribution in [2.75, 3.05) is 40.8 Å². The fourth-order valence-electron chi connectivity index (χ4n) is 14.3. The van der Waals surface area contributed by atoms with E-state index in [2.05, 4.69) is 56.5 Å². The summed E-state index contributed by atoms with van der Waals surface area (Å²) in [5, 5.41) is 69.7. The number of hydroxylamine groups is 12. The van der Waals surface area contributed by atoms with Crippen LogP contribution in [0.1, 0.15) is 427 Å². The summed E-state index contributed by atoms with van der Waals surface area (Å²) in [6, 6.07) is 0. The molecule has 9 N–H and O–H groups in total. The topological polar surface area (TPSA) is 295 Å². The monoisotopic (exact) mass is 1500 g/mol. The van der Waals surface area contributed by atoms with Crippen molar-refractivity contribution < 1.29 is 79.3 Å². The Bertz CT molecular complexity index is 1800. The first-order valence-electron chi connectivity index (χ1n) is 42.8. The molecule has 0 spiro atoms. The lowest BCUT2D eigenvalue weighted by molar-refractivity contribution is -1.26. The van der Waals surface area contributed by atoms with Gasteiger partial charge in [-0.05, 0) is 53.0 Å². The van der Waals surface area contributed by atoms with Gasteiger partial charge in [0.25, 0.3) is 0 Å². The average molecular weight is 1500 g/mol. The van der Waals surface area contributed by atoms with Gasteiger partial charge in [0.15, 0.2) is 16.6 Å². The molecule has 0 heterocycles. The summed E-state index contributed by atoms with van der Waals surface area (Å²) in [4.78, 5) is 58.7. The Hall–Kier alpha value is -2.62. The number of unbranched alkanes of at least 4 members (excludes halogenated alkanes) is 42. The lowest BCUT2D eigenvalue weighted by atomic mass is 9.86. The smallest absolute Gasteiger partial charge is 0.219 e. The van der Waals surface area contributed by atoms with Gasteiger partial charge < -0.3 is 35.2 Å². The lowest BCUT2D eigenvalue weighted by Crippen LogP contribution is -2.57. The van der Waals surface area contributed by atoms with Gasteiger partial charge in [0.05, 0.1) is 0 Å². The van der Waals surface area contributed by atoms with E-state index < -0.39 is 38.9 Å². The number of carbonyl (C=O) groups excluding carboxylic acids is 3. The summed E-state index contributed by atoms with van der Waals surface area (Å²) in [6.45, 7) is 25.7. The predicted octanol–water partition coefficient (Wildman–Crippen LogP) is 21.5. The number of hydrogen-bond donors (Lipinski definition) is 9. The maximum Gasteiger partial charge on any atom is 0.219 e. The van der Waals surface area contributed by atoms with E-state index >= 15 is 0 Å². The Kier molecular flexibility index (Phi) is 74.5. The van der Waals surface area contributed by atoms with Gasteiger partial charge in [-0.1, -0.05) is 329 Å². The molecule has 0 saturated heterocycles. The highest BCUT2D eigenvalue weighted by molar-refractivity contribution is 7.40. The molecule has 0 radical (unpaired) electrons. The van der Waals surface area contributed by atoms with Crippen LogP contribution in [0, 0.1) is 0 Å². The molecule has 0 aromatic heterocycles. The summed E-state index contributed by atoms with van der Waals surface area (Å²) in [5.41, 5.74) is -2.00. The van der Waals surface area contributed by atoms with E-state index in [9.17, 15) is 45.6 Å². The van der Waals surface area contributed by atoms with Crippen molar-refractivity contribution in [2.24, 2.45) is 0 Å². The van der Waals surface area contributed by atoms with Crippen LogP contribution in [0.2, 0.25) is 0 Å². The number of rotatable bonds is 72. The molecule has 620 valence electrons. The highest BCUT2D eigenvalue weighted by Gasteiger charge is 2.48. The van der Waals surface area contributed by atoms with Crippen LogP contribution in [-0.4, -0.2) is 121 Å². The Labute approximate surface area is 639 Å². The molecule has 0 rings (SSSR count). The second-order valence-corrected chi connectivity index (χ2v) is 31.8. The standard InChI is InChI=1S/3C28H56N2O3.H3O4P/c3*1-5-8-9-10-11-12-13-14-15-16-17-18-19-20-21-23-27(31)29-26-22-25-28(7-3,24-6-2)30(4,32)33;1-5(2,3)4/h3*6,32-33H,2,5,7-26H2,1,3-4H3;(H3,1,2,3,4). The molecule has 0 aromatic carbocycles. The van der Waals surface area contributed by atoms with Crippen molar-refractivity contribution in [2.45, 2.75) is 443 Å². The summed E-state index contributed by atoms with van der Waals surface area (Å²) in [6.07, 6.45) is 74.3. The summed E-state index contributed by atoms with van der Waals surface area (Å²) in [7, 11) is -1.22. The third-order valence-electron chi connectivity index (χ3n) is 21.7. The third-order valence-corrected chi connectivity index (χ3v) is 21.7. The van der Waals surface area contributed by atoms with Crippen LogP contribution in [-0.2, 0) is 18.9 Å². The highest BCUT2D eigenvalue weighted by atomic mass is 31.2. The minimum atomic E-state index is -5.39. The predicted molar refractivity (Wildman–Crippen MR) is 426 cm³/mol. The minimum Gasteiger partial charge on any atom is -0.822 e. The maximum absolute atomic E-state index is 12.1. The number of hydrogen-bond acceptors (Lipinski definition) is 13. The van der Waals surface area contributed by atoms with Crippen LogP contribution in [0.25, 0.3) is 0 Å². The molecule has 0 fully saturated rings. The number of nitrogens with zero attached hydrogens (tertiary/aromatic N) is 3. The molecule has 0 aliphatic carbocycles. The Morgan fingerprint density at radius 1 is 0.308 bits per heavy atom. The average Bonchev–Trinajstić information content (AvgIpc) is 0.829. The number of phosphoric acid groups is 1. The molecule has 0 bridgehead atoms. The molecule has 0 aliphatic rings. The first-order chi connectivity index (χ1) is 49.5. The van der Waals surface area contributed by atoms with Crippen molar-refractivity contribution >= 4 is 25.5 Å². The van der Waals surface area contributed by atoms with Gasteiger partial charge in [-0.25, -0.2) is 0 Å². The molecule has 0 aliphatic heterocycles. The minimum absolute atomic E-state index is 0.112. The number of quaternary nitrogens is 3. The fraction of sp³-hybridized carbons (Fsp3) is 0.893. The second kappa shape index (κ2) is 72.0. The van der Waals surface area contributed by atoms with Crippen LogP contribution < -0.4 is 30.6 Å². The summed E-state index contributed by atoms with van der Waals surface area (Å²) >= 11 is 0. The molecule has 3 atom stereocenters. The molecular weight excluding hydrogens is 1330 g/mol. The van der Waals surface area contributed by atoms with Gasteiger partial charge in [0, 0.05) is 96.7 Å². The van der Waals surface area contributed by atoms with Crippen LogP contribution in [0.4, 0.5) is 0 Å². The van der Waals surface area contributed by atoms with Crippen LogP contribution in [0.15, 0.2) is 38.0 Å². The van der Waals surface area contributed by atoms with Crippen molar-refractivity contribution in [3.63, 3.8) is 0 Å². The molecule has 3 unspecified atom stereocenters. The lowest BCUT2D eigenvalue weighted by Gasteiger charge is -2.38. The molecule has 3 amide bonds. The van der Waals surface area contributed by atoms with Gasteiger partial charge in [-0.15, -0.1) is 19.7 Å². The van der Waals surface area contributed by atoms with Gasteiger partial charge in [-0.2, -0.15) is 39.1 Å². The van der Waals surface area contributed by atoms with Gasteiger partial charge in [0.1, 0.15) is 21.1 Å². The summed E-state index contributed by atoms with van der Waals surface area (Å²) < 4.78 is 8.55. The van der Waals surface area contributed by atoms with Gasteiger partial charge in [0.2, 0.25) is 17.7 Å². The van der Waals surface area contributed by atoms with Gasteiger partial charge in [-0.3, -0.25) is 14.4 Å². The fourth-order valence-corrected chi connectivity index (χ4v) is 14.3. The zero-order chi connectivity index (χ0) is 79.0. The van der Waals surface area contributed by atoms with Gasteiger partial charge >= 0.3 is 0 Å². The first kappa shape index (κ1) is 108. The summed E-state index contributed by atoms with van der Waals surface area (Å²) in [5.74, 6) is 0.335. The number of nitrogens with one attached hydrogen (secondary N) is 3. The van der Waals surface area contributed by atoms with Crippen molar-refractivity contribution in [3.8, 4) is 0 Å². The molecule has 19 nitrogen and oxygen atoms in total. The molecular formula is C84H171N6O13P. The van der Waals surface area contributed by atoms with Crippen molar-refractivity contribution in [1.82, 2.24) is 16.0 Å². The van der Waals surface area contributed by atoms with E-state index in [4.69, 9.17) is 19.2 Å². The zero-order valence-electron chi connectivity index (χ0n) is 69.2. The van der Waals surface area contributed by atoms with E-state index in [1.54, 1.807) is 18.2 Å². The number of amides is 3. The second-order valence-electron chi connectivity index (χ2n) is 30.9. The van der Waals surface area contributed by atoms with E-state index in [1.165, 1.54) is 272 Å². The quantitative estimate of drug-likeness (QED) is 0.00901. The Morgan fingerprint density at radius 3 is 0.577 bits per heavy atom. The first-order valence-corrected chi connectivity index (χ1v) is 44.3. The molecule has 0 aromatic rings. The SMILES string of the molecule is C=CCC(CC)(CCCNC(=O)CCCCCCCCCCCCCCCCC)[N+](C)(O)O.C=CCC(CC)(CCCNC(=O)CCCCCCCCCCCCCCCCC)[N+](C)(O)O.C=CCC(CC)(CCCNC(=O)CCCCCCCCCCCCCCCCC)[N+](C)(O)O.O=P([O-])([O-])[O-]. The van der Waals surface area contributed by atoms with Crippen molar-refractivity contribution in [3.05, 3.63) is 38.0 Å². The van der Waals surface area contributed by atoms with Crippen LogP contribution in [0.3, 0.4) is 0 Å². The van der Waals surface area contributed by atoms with Crippen LogP contribution in [0.5, 0.6) is 0 Å². The molecule has 0 saturated carbocycles. The van der Waals surface area contributed by atoms with E-state index in [1.807, 2.05) is 20.8 Å². The van der Waals surface area contributed by atoms with E-state index in [0.29, 0.717) is 96.7 Å². The highest BCUT2D eigenvalue weighted by Crippen LogP contribution is 2.34. The maximum atomic E-state index is 12.1. The van der Waals surface area contributed by atoms with Crippen molar-refractivity contribution in [1.29, 1.82) is 0 Å². The molecule has 104 heavy (non-hydrogen) atoms. The number of carbonyl (C=O) groups is 3. The van der Waals surface area contributed by atoms with E-state index in [0.717, 1.165) is 57.8 Å². The van der Waals surface area contributed by atoms with Crippen LogP contribution >= 0.6 is 7.82 Å². The Morgan fingerprint density at radius 2 is 0.452 bits per heavy atom. The largest absolute Gasteiger partial charge is 0.822 e. The Balaban J connectivity index is -0.000000696. The van der Waals surface area contributed by atoms with E-state index in [-0.39, 0.29) is 17.7 Å².